The average molecular weight is 201 g/mol. The first-order chi connectivity index (χ1) is 6.47. The molecule has 0 unspecified atom stereocenters. The van der Waals surface area contributed by atoms with Crippen molar-refractivity contribution in [2.45, 2.75) is 18.9 Å². The number of hydrogen-bond donors (Lipinski definition) is 2. The Hall–Kier alpha value is -1.00. The molecule has 0 saturated heterocycles. The molecule has 1 rings (SSSR count). The van der Waals surface area contributed by atoms with Crippen LogP contribution in [-0.2, 0) is 5.54 Å². The van der Waals surface area contributed by atoms with Gasteiger partial charge in [-0.15, -0.1) is 0 Å². The van der Waals surface area contributed by atoms with E-state index in [1.165, 1.54) is 24.3 Å². The Labute approximate surface area is 81.4 Å². The van der Waals surface area contributed by atoms with Gasteiger partial charge >= 0.3 is 0 Å². The highest BCUT2D eigenvalue weighted by atomic mass is 19.3. The van der Waals surface area contributed by atoms with Gasteiger partial charge in [-0.3, -0.25) is 0 Å². The highest BCUT2D eigenvalue weighted by Gasteiger charge is 2.20. The van der Waals surface area contributed by atoms with Crippen LogP contribution in [0.4, 0.5) is 8.78 Å². The molecular formula is C10H13F2NO. The van der Waals surface area contributed by atoms with E-state index in [2.05, 4.69) is 0 Å². The highest BCUT2D eigenvalue weighted by Crippen LogP contribution is 2.22. The van der Waals surface area contributed by atoms with Crippen LogP contribution in [-0.4, -0.2) is 11.7 Å². The number of alkyl halides is 2. The largest absolute Gasteiger partial charge is 0.394 e. The lowest BCUT2D eigenvalue weighted by molar-refractivity contribution is 0.151. The minimum Gasteiger partial charge on any atom is -0.394 e. The molecule has 0 spiro atoms. The van der Waals surface area contributed by atoms with Crippen molar-refractivity contribution < 1.29 is 13.9 Å². The van der Waals surface area contributed by atoms with Gasteiger partial charge in [0.15, 0.2) is 0 Å². The fourth-order valence-corrected chi connectivity index (χ4v) is 1.10. The van der Waals surface area contributed by atoms with Gasteiger partial charge in [-0.05, 0) is 12.5 Å². The summed E-state index contributed by atoms with van der Waals surface area (Å²) in [5, 5.41) is 8.95. The molecule has 0 aliphatic carbocycles. The van der Waals surface area contributed by atoms with E-state index in [0.29, 0.717) is 5.56 Å². The number of hydrogen-bond acceptors (Lipinski definition) is 2. The lowest BCUT2D eigenvalue weighted by Crippen LogP contribution is -2.36. The molecule has 0 aliphatic heterocycles. The van der Waals surface area contributed by atoms with Crippen molar-refractivity contribution >= 4 is 0 Å². The van der Waals surface area contributed by atoms with Crippen molar-refractivity contribution in [3.05, 3.63) is 35.4 Å². The predicted octanol–water partition coefficient (Wildman–Crippen LogP) is 1.79. The van der Waals surface area contributed by atoms with Gasteiger partial charge in [0.1, 0.15) is 0 Å². The van der Waals surface area contributed by atoms with Gasteiger partial charge in [-0.25, -0.2) is 8.78 Å². The van der Waals surface area contributed by atoms with Crippen LogP contribution in [0.5, 0.6) is 0 Å². The second kappa shape index (κ2) is 4.02. The highest BCUT2D eigenvalue weighted by molar-refractivity contribution is 5.28. The summed E-state index contributed by atoms with van der Waals surface area (Å²) in [6.07, 6.45) is -2.47. The minimum absolute atomic E-state index is 0.0394. The molecule has 4 heteroatoms. The summed E-state index contributed by atoms with van der Waals surface area (Å²) in [6, 6.07) is 5.66. The maximum atomic E-state index is 12.2. The van der Waals surface area contributed by atoms with Crippen LogP contribution in [0.25, 0.3) is 0 Å². The van der Waals surface area contributed by atoms with Crippen molar-refractivity contribution in [2.75, 3.05) is 6.61 Å². The van der Waals surface area contributed by atoms with Gasteiger partial charge in [0.25, 0.3) is 6.43 Å². The van der Waals surface area contributed by atoms with E-state index in [4.69, 9.17) is 10.8 Å². The van der Waals surface area contributed by atoms with Crippen molar-refractivity contribution in [1.29, 1.82) is 0 Å². The van der Waals surface area contributed by atoms with Crippen LogP contribution in [0.15, 0.2) is 24.3 Å². The Morgan fingerprint density at radius 1 is 1.36 bits per heavy atom. The third-order valence-electron chi connectivity index (χ3n) is 2.15. The second-order valence-electron chi connectivity index (χ2n) is 3.50. The molecule has 78 valence electrons. The molecule has 0 amide bonds. The molecule has 0 saturated carbocycles. The predicted molar refractivity (Wildman–Crippen MR) is 50.0 cm³/mol. The van der Waals surface area contributed by atoms with Crippen molar-refractivity contribution in [2.24, 2.45) is 5.73 Å². The van der Waals surface area contributed by atoms with Crippen LogP contribution in [0.2, 0.25) is 0 Å². The molecule has 0 aromatic heterocycles. The zero-order valence-corrected chi connectivity index (χ0v) is 7.87. The number of rotatable bonds is 3. The van der Waals surface area contributed by atoms with E-state index in [1.54, 1.807) is 6.92 Å². The Kier molecular flexibility index (Phi) is 3.18. The molecule has 1 aromatic rings. The minimum atomic E-state index is -2.47. The first-order valence-electron chi connectivity index (χ1n) is 4.25. The molecular weight excluding hydrogens is 188 g/mol. The van der Waals surface area contributed by atoms with E-state index in [1.807, 2.05) is 0 Å². The van der Waals surface area contributed by atoms with Crippen molar-refractivity contribution in [1.82, 2.24) is 0 Å². The number of aliphatic hydroxyl groups excluding tert-OH is 1. The maximum Gasteiger partial charge on any atom is 0.263 e. The molecule has 3 N–H and O–H groups in total. The summed E-state index contributed by atoms with van der Waals surface area (Å²) in [6.45, 7) is 1.42. The summed E-state index contributed by atoms with van der Waals surface area (Å²) in [5.41, 5.74) is 5.46. The van der Waals surface area contributed by atoms with Gasteiger partial charge in [0.2, 0.25) is 0 Å². The smallest absolute Gasteiger partial charge is 0.263 e. The molecule has 1 aromatic carbocycles. The number of halogens is 2. The van der Waals surface area contributed by atoms with E-state index in [-0.39, 0.29) is 12.2 Å². The van der Waals surface area contributed by atoms with E-state index >= 15 is 0 Å². The van der Waals surface area contributed by atoms with Gasteiger partial charge in [-0.2, -0.15) is 0 Å². The Morgan fingerprint density at radius 2 is 1.86 bits per heavy atom. The average Bonchev–Trinajstić information content (AvgIpc) is 2.18. The fourth-order valence-electron chi connectivity index (χ4n) is 1.10. The van der Waals surface area contributed by atoms with Crippen molar-refractivity contribution in [3.8, 4) is 0 Å². The third-order valence-corrected chi connectivity index (χ3v) is 2.15. The van der Waals surface area contributed by atoms with Crippen molar-refractivity contribution in [3.63, 3.8) is 0 Å². The van der Waals surface area contributed by atoms with Crippen LogP contribution in [0.3, 0.4) is 0 Å². The lowest BCUT2D eigenvalue weighted by Gasteiger charge is -2.22. The normalized spacial score (nSPS) is 15.6. The molecule has 0 heterocycles. The van der Waals surface area contributed by atoms with Gasteiger partial charge < -0.3 is 10.8 Å². The lowest BCUT2D eigenvalue weighted by atomic mass is 9.93. The summed E-state index contributed by atoms with van der Waals surface area (Å²) in [4.78, 5) is 0. The van der Waals surface area contributed by atoms with Gasteiger partial charge in [-0.1, -0.05) is 24.3 Å². The standard InChI is InChI=1S/C10H13F2NO/c1-10(13,6-14)8-4-2-7(3-5-8)9(11)12/h2-5,9,14H,6,13H2,1H3/t10-/m1/s1. The topological polar surface area (TPSA) is 46.2 Å². The van der Waals surface area contributed by atoms with E-state index in [9.17, 15) is 8.78 Å². The van der Waals surface area contributed by atoms with Gasteiger partial charge in [0.05, 0.1) is 12.1 Å². The number of nitrogens with two attached hydrogens (primary N) is 1. The van der Waals surface area contributed by atoms with E-state index < -0.39 is 12.0 Å². The zero-order valence-electron chi connectivity index (χ0n) is 7.87. The molecule has 0 fully saturated rings. The maximum absolute atomic E-state index is 12.2. The van der Waals surface area contributed by atoms with E-state index in [0.717, 1.165) is 0 Å². The second-order valence-corrected chi connectivity index (χ2v) is 3.50. The number of benzene rings is 1. The molecule has 0 radical (unpaired) electrons. The molecule has 0 aliphatic rings. The monoisotopic (exact) mass is 201 g/mol. The molecule has 1 atom stereocenters. The van der Waals surface area contributed by atoms with Crippen LogP contribution < -0.4 is 5.73 Å². The quantitative estimate of drug-likeness (QED) is 0.783. The summed E-state index contributed by atoms with van der Waals surface area (Å²) >= 11 is 0. The molecule has 0 bridgehead atoms. The van der Waals surface area contributed by atoms with Crippen LogP contribution in [0.1, 0.15) is 24.5 Å². The Bertz CT molecular complexity index is 295. The summed E-state index contributed by atoms with van der Waals surface area (Å²) in [5.74, 6) is 0. The molecule has 2 nitrogen and oxygen atoms in total. The SMILES string of the molecule is C[C@@](N)(CO)c1ccc(C(F)F)cc1. The van der Waals surface area contributed by atoms with Crippen LogP contribution in [0, 0.1) is 0 Å². The molecule has 14 heavy (non-hydrogen) atoms. The zero-order chi connectivity index (χ0) is 10.8. The Morgan fingerprint density at radius 3 is 2.21 bits per heavy atom. The number of aliphatic hydroxyl groups is 1. The fraction of sp³-hybridized carbons (Fsp3) is 0.400. The first kappa shape index (κ1) is 11.1. The summed E-state index contributed by atoms with van der Waals surface area (Å²) in [7, 11) is 0. The Balaban J connectivity index is 2.94. The third kappa shape index (κ3) is 2.27. The first-order valence-corrected chi connectivity index (χ1v) is 4.25. The summed E-state index contributed by atoms with van der Waals surface area (Å²) < 4.78 is 24.4. The van der Waals surface area contributed by atoms with Crippen LogP contribution >= 0.6 is 0 Å². The van der Waals surface area contributed by atoms with Gasteiger partial charge in [0, 0.05) is 5.56 Å².